The zero-order valence-electron chi connectivity index (χ0n) is 26.7. The van der Waals surface area contributed by atoms with Crippen molar-refractivity contribution in [2.75, 3.05) is 17.4 Å². The molecule has 236 valence electrons. The van der Waals surface area contributed by atoms with Crippen molar-refractivity contribution in [1.82, 2.24) is 10.2 Å². The number of carbonyl (C=O) groups excluding carboxylic acids is 2. The van der Waals surface area contributed by atoms with Gasteiger partial charge in [-0.05, 0) is 67.1 Å². The summed E-state index contributed by atoms with van der Waals surface area (Å²) in [5.41, 5.74) is 4.79. The SMILES string of the molecule is Cc1ccc(S(=O)(=O)N(CC(=O)N(Cc2ccccc2C)[C@H](Cc2ccccc2)C(=O)NCC(C)C)c2ccccc2C)cc1. The second kappa shape index (κ2) is 15.0. The van der Waals surface area contributed by atoms with Crippen LogP contribution in [0, 0.1) is 26.7 Å². The van der Waals surface area contributed by atoms with E-state index in [1.807, 2.05) is 101 Å². The Bertz CT molecular complexity index is 1700. The van der Waals surface area contributed by atoms with Crippen LogP contribution in [0.5, 0.6) is 0 Å². The van der Waals surface area contributed by atoms with Gasteiger partial charge in [-0.2, -0.15) is 0 Å². The molecule has 0 bridgehead atoms. The highest BCUT2D eigenvalue weighted by atomic mass is 32.2. The van der Waals surface area contributed by atoms with E-state index in [-0.39, 0.29) is 29.7 Å². The Morgan fingerprint density at radius 1 is 0.756 bits per heavy atom. The van der Waals surface area contributed by atoms with Crippen LogP contribution in [0.1, 0.15) is 41.7 Å². The molecule has 1 atom stereocenters. The summed E-state index contributed by atoms with van der Waals surface area (Å²) in [4.78, 5) is 30.1. The molecule has 0 aliphatic carbocycles. The third-order valence-electron chi connectivity index (χ3n) is 7.83. The maximum absolute atomic E-state index is 14.6. The Morgan fingerprint density at radius 2 is 1.36 bits per heavy atom. The second-order valence-corrected chi connectivity index (χ2v) is 13.8. The monoisotopic (exact) mass is 625 g/mol. The largest absolute Gasteiger partial charge is 0.354 e. The van der Waals surface area contributed by atoms with Gasteiger partial charge in [-0.3, -0.25) is 13.9 Å². The van der Waals surface area contributed by atoms with Crippen LogP contribution < -0.4 is 9.62 Å². The summed E-state index contributed by atoms with van der Waals surface area (Å²) >= 11 is 0. The van der Waals surface area contributed by atoms with Gasteiger partial charge in [0.1, 0.15) is 12.6 Å². The molecular weight excluding hydrogens is 582 g/mol. The number of carbonyl (C=O) groups is 2. The summed E-state index contributed by atoms with van der Waals surface area (Å²) < 4.78 is 29.6. The quantitative estimate of drug-likeness (QED) is 0.191. The van der Waals surface area contributed by atoms with Crippen molar-refractivity contribution in [3.8, 4) is 0 Å². The summed E-state index contributed by atoms with van der Waals surface area (Å²) in [6.07, 6.45) is 0.275. The number of hydrogen-bond donors (Lipinski definition) is 1. The van der Waals surface area contributed by atoms with Crippen LogP contribution in [0.4, 0.5) is 5.69 Å². The molecule has 2 amide bonds. The highest BCUT2D eigenvalue weighted by Crippen LogP contribution is 2.28. The number of anilines is 1. The summed E-state index contributed by atoms with van der Waals surface area (Å²) in [6.45, 7) is 9.81. The predicted octanol–water partition coefficient (Wildman–Crippen LogP) is 6.22. The Labute approximate surface area is 268 Å². The molecule has 0 aliphatic rings. The lowest BCUT2D eigenvalue weighted by atomic mass is 10.0. The van der Waals surface area contributed by atoms with Crippen molar-refractivity contribution in [3.05, 3.63) is 131 Å². The van der Waals surface area contributed by atoms with Crippen molar-refractivity contribution in [1.29, 1.82) is 0 Å². The van der Waals surface area contributed by atoms with E-state index >= 15 is 0 Å². The first kappa shape index (κ1) is 33.5. The minimum absolute atomic E-state index is 0.0881. The van der Waals surface area contributed by atoms with Gasteiger partial charge in [-0.1, -0.05) is 104 Å². The van der Waals surface area contributed by atoms with Crippen molar-refractivity contribution in [2.45, 2.75) is 58.5 Å². The van der Waals surface area contributed by atoms with E-state index in [1.54, 1.807) is 41.3 Å². The highest BCUT2D eigenvalue weighted by Gasteiger charge is 2.35. The van der Waals surface area contributed by atoms with Crippen LogP contribution in [0.2, 0.25) is 0 Å². The Morgan fingerprint density at radius 3 is 1.98 bits per heavy atom. The van der Waals surface area contributed by atoms with Gasteiger partial charge in [0.05, 0.1) is 10.6 Å². The molecular formula is C37H43N3O4S. The van der Waals surface area contributed by atoms with Gasteiger partial charge < -0.3 is 10.2 Å². The normalized spacial score (nSPS) is 12.0. The van der Waals surface area contributed by atoms with E-state index in [2.05, 4.69) is 5.32 Å². The molecule has 0 aromatic heterocycles. The first-order valence-corrected chi connectivity index (χ1v) is 16.7. The lowest BCUT2D eigenvalue weighted by molar-refractivity contribution is -0.140. The van der Waals surface area contributed by atoms with Gasteiger partial charge in [-0.25, -0.2) is 8.42 Å². The zero-order chi connectivity index (χ0) is 32.6. The molecule has 7 nitrogen and oxygen atoms in total. The molecule has 0 fully saturated rings. The maximum atomic E-state index is 14.6. The Hall–Kier alpha value is -4.43. The van der Waals surface area contributed by atoms with E-state index in [0.717, 1.165) is 22.3 Å². The third-order valence-corrected chi connectivity index (χ3v) is 9.60. The molecule has 0 aliphatic heterocycles. The van der Waals surface area contributed by atoms with Crippen LogP contribution in [0.3, 0.4) is 0 Å². The molecule has 45 heavy (non-hydrogen) atoms. The first-order valence-electron chi connectivity index (χ1n) is 15.3. The van der Waals surface area contributed by atoms with Crippen LogP contribution in [-0.4, -0.2) is 44.3 Å². The molecule has 0 spiro atoms. The van der Waals surface area contributed by atoms with Crippen LogP contribution in [0.25, 0.3) is 0 Å². The van der Waals surface area contributed by atoms with Crippen molar-refractivity contribution < 1.29 is 18.0 Å². The average Bonchev–Trinajstić information content (AvgIpc) is 3.02. The number of sulfonamides is 1. The summed E-state index contributed by atoms with van der Waals surface area (Å²) in [5.74, 6) is -0.542. The lowest BCUT2D eigenvalue weighted by Gasteiger charge is -2.34. The highest BCUT2D eigenvalue weighted by molar-refractivity contribution is 7.92. The van der Waals surface area contributed by atoms with E-state index in [9.17, 15) is 18.0 Å². The second-order valence-electron chi connectivity index (χ2n) is 11.9. The molecule has 0 heterocycles. The number of rotatable bonds is 13. The van der Waals surface area contributed by atoms with Crippen molar-refractivity contribution in [2.24, 2.45) is 5.92 Å². The summed E-state index contributed by atoms with van der Waals surface area (Å²) in [7, 11) is -4.14. The molecule has 0 saturated carbocycles. The van der Waals surface area contributed by atoms with E-state index in [1.165, 1.54) is 4.31 Å². The number of aryl methyl sites for hydroxylation is 3. The van der Waals surface area contributed by atoms with Gasteiger partial charge in [0.2, 0.25) is 11.8 Å². The standard InChI is InChI=1S/C37H43N3O4S/c1-27(2)24-38-37(42)35(23-31-15-7-6-8-16-31)39(25-32-17-11-9-13-29(32)4)36(41)26-40(34-18-12-10-14-30(34)5)45(43,44)33-21-19-28(3)20-22-33/h6-22,27,35H,23-26H2,1-5H3,(H,38,42)/t35-/m1/s1. The fourth-order valence-electron chi connectivity index (χ4n) is 5.14. The molecule has 0 saturated heterocycles. The molecule has 0 unspecified atom stereocenters. The smallest absolute Gasteiger partial charge is 0.264 e. The zero-order valence-corrected chi connectivity index (χ0v) is 27.6. The number of amides is 2. The topological polar surface area (TPSA) is 86.8 Å². The number of nitrogens with one attached hydrogen (secondary N) is 1. The van der Waals surface area contributed by atoms with Gasteiger partial charge in [0.25, 0.3) is 10.0 Å². The summed E-state index contributed by atoms with van der Waals surface area (Å²) in [5, 5.41) is 3.03. The van der Waals surface area contributed by atoms with E-state index in [0.29, 0.717) is 17.8 Å². The minimum Gasteiger partial charge on any atom is -0.354 e. The number of hydrogen-bond acceptors (Lipinski definition) is 4. The molecule has 1 N–H and O–H groups in total. The molecule has 8 heteroatoms. The van der Waals surface area contributed by atoms with Crippen LogP contribution in [0.15, 0.2) is 108 Å². The fourth-order valence-corrected chi connectivity index (χ4v) is 6.62. The lowest BCUT2D eigenvalue weighted by Crippen LogP contribution is -2.54. The maximum Gasteiger partial charge on any atom is 0.264 e. The Balaban J connectivity index is 1.81. The molecule has 4 rings (SSSR count). The predicted molar refractivity (Wildman–Crippen MR) is 180 cm³/mol. The van der Waals surface area contributed by atoms with Crippen molar-refractivity contribution in [3.63, 3.8) is 0 Å². The van der Waals surface area contributed by atoms with Gasteiger partial charge >= 0.3 is 0 Å². The number of nitrogens with zero attached hydrogens (tertiary/aromatic N) is 2. The molecule has 4 aromatic carbocycles. The van der Waals surface area contributed by atoms with Crippen LogP contribution in [-0.2, 0) is 32.6 Å². The van der Waals surface area contributed by atoms with Gasteiger partial charge in [0, 0.05) is 19.5 Å². The Kier molecular flexibility index (Phi) is 11.2. The van der Waals surface area contributed by atoms with E-state index < -0.39 is 28.5 Å². The minimum atomic E-state index is -4.14. The fraction of sp³-hybridized carbons (Fsp3) is 0.297. The third kappa shape index (κ3) is 8.60. The molecule has 4 aromatic rings. The molecule has 0 radical (unpaired) electrons. The van der Waals surface area contributed by atoms with Gasteiger partial charge in [-0.15, -0.1) is 0 Å². The summed E-state index contributed by atoms with van der Waals surface area (Å²) in [6, 6.07) is 30.1. The average molecular weight is 626 g/mol. The van der Waals surface area contributed by atoms with E-state index in [4.69, 9.17) is 0 Å². The van der Waals surface area contributed by atoms with Crippen LogP contribution >= 0.6 is 0 Å². The first-order chi connectivity index (χ1) is 21.5. The number of para-hydroxylation sites is 1. The number of benzene rings is 4. The van der Waals surface area contributed by atoms with Crippen molar-refractivity contribution >= 4 is 27.5 Å². The van der Waals surface area contributed by atoms with Gasteiger partial charge in [0.15, 0.2) is 0 Å².